The Labute approximate surface area is 147 Å². The van der Waals surface area contributed by atoms with Crippen LogP contribution in [-0.2, 0) is 16.3 Å². The third kappa shape index (κ3) is 3.48. The van der Waals surface area contributed by atoms with Crippen molar-refractivity contribution in [2.24, 2.45) is 0 Å². The van der Waals surface area contributed by atoms with Crippen LogP contribution >= 0.6 is 0 Å². The molecule has 7 heteroatoms. The van der Waals surface area contributed by atoms with E-state index in [1.54, 1.807) is 12.1 Å². The van der Waals surface area contributed by atoms with Gasteiger partial charge in [0.2, 0.25) is 9.84 Å². The van der Waals surface area contributed by atoms with Crippen molar-refractivity contribution in [3.8, 4) is 0 Å². The number of halogens is 1. The van der Waals surface area contributed by atoms with E-state index in [2.05, 4.69) is 10.2 Å². The molecule has 1 heterocycles. The summed E-state index contributed by atoms with van der Waals surface area (Å²) in [6.45, 7) is 5.48. The van der Waals surface area contributed by atoms with E-state index < -0.39 is 15.7 Å². The third-order valence-corrected chi connectivity index (χ3v) is 6.29. The van der Waals surface area contributed by atoms with Crippen molar-refractivity contribution in [3.05, 3.63) is 47.8 Å². The number of rotatable bonds is 4. The number of nitrogens with one attached hydrogen (secondary N) is 1. The van der Waals surface area contributed by atoms with Crippen molar-refractivity contribution in [2.75, 3.05) is 36.8 Å². The van der Waals surface area contributed by atoms with Crippen LogP contribution in [-0.4, -0.2) is 34.6 Å². The van der Waals surface area contributed by atoms with Crippen molar-refractivity contribution in [1.82, 2.24) is 5.32 Å². The van der Waals surface area contributed by atoms with Gasteiger partial charge in [0.1, 0.15) is 5.82 Å². The molecule has 1 fully saturated rings. The summed E-state index contributed by atoms with van der Waals surface area (Å²) in [4.78, 5) is 2.34. The molecule has 3 N–H and O–H groups in total. The summed E-state index contributed by atoms with van der Waals surface area (Å²) in [6.07, 6.45) is 0.700. The Morgan fingerprint density at radius 1 is 1.16 bits per heavy atom. The van der Waals surface area contributed by atoms with Crippen LogP contribution in [0, 0.1) is 5.82 Å². The molecule has 1 saturated heterocycles. The molecule has 25 heavy (non-hydrogen) atoms. The fourth-order valence-electron chi connectivity index (χ4n) is 3.08. The first kappa shape index (κ1) is 17.7. The number of benzene rings is 2. The number of sulfone groups is 1. The molecule has 0 aliphatic carbocycles. The van der Waals surface area contributed by atoms with E-state index >= 15 is 0 Å². The third-order valence-electron chi connectivity index (χ3n) is 4.46. The maximum atomic E-state index is 13.1. The second kappa shape index (κ2) is 7.01. The van der Waals surface area contributed by atoms with Crippen LogP contribution in [0.4, 0.5) is 15.8 Å². The van der Waals surface area contributed by atoms with Crippen molar-refractivity contribution in [1.29, 1.82) is 0 Å². The van der Waals surface area contributed by atoms with Gasteiger partial charge in [0.05, 0.1) is 15.5 Å². The van der Waals surface area contributed by atoms with Gasteiger partial charge in [-0.3, -0.25) is 0 Å². The first-order chi connectivity index (χ1) is 11.9. The van der Waals surface area contributed by atoms with Crippen molar-refractivity contribution >= 4 is 21.2 Å². The molecule has 0 bridgehead atoms. The van der Waals surface area contributed by atoms with E-state index in [0.29, 0.717) is 6.42 Å². The number of nitrogens with two attached hydrogens (primary N) is 1. The molecule has 0 radical (unpaired) electrons. The summed E-state index contributed by atoms with van der Waals surface area (Å²) in [5, 5.41) is 3.30. The van der Waals surface area contributed by atoms with Crippen LogP contribution in [0.2, 0.25) is 0 Å². The van der Waals surface area contributed by atoms with Gasteiger partial charge in [0.15, 0.2) is 0 Å². The normalized spacial score (nSPS) is 15.4. The Kier molecular flexibility index (Phi) is 4.96. The predicted molar refractivity (Wildman–Crippen MR) is 97.2 cm³/mol. The summed E-state index contributed by atoms with van der Waals surface area (Å²) in [5.74, 6) is -0.477. The van der Waals surface area contributed by atoms with Crippen LogP contribution < -0.4 is 16.0 Å². The molecule has 0 saturated carbocycles. The SMILES string of the molecule is CCc1cc(S(=O)(=O)c2ccc(F)cc2)c(N)cc1N1CCNCC1. The summed E-state index contributed by atoms with van der Waals surface area (Å²) < 4.78 is 38.9. The van der Waals surface area contributed by atoms with Crippen LogP contribution in [0.1, 0.15) is 12.5 Å². The Balaban J connectivity index is 2.06. The number of nitrogen functional groups attached to an aromatic ring is 1. The van der Waals surface area contributed by atoms with E-state index in [4.69, 9.17) is 5.73 Å². The molecule has 2 aromatic rings. The molecule has 0 unspecified atom stereocenters. The Hall–Kier alpha value is -2.12. The van der Waals surface area contributed by atoms with Crippen LogP contribution in [0.3, 0.4) is 0 Å². The Morgan fingerprint density at radius 2 is 1.80 bits per heavy atom. The van der Waals surface area contributed by atoms with Crippen molar-refractivity contribution in [3.63, 3.8) is 0 Å². The summed E-state index contributed by atoms with van der Waals surface area (Å²) in [5.41, 5.74) is 8.25. The topological polar surface area (TPSA) is 75.4 Å². The van der Waals surface area contributed by atoms with Gasteiger partial charge in [-0.05, 0) is 48.4 Å². The zero-order chi connectivity index (χ0) is 18.0. The molecular weight excluding hydrogens is 341 g/mol. The molecule has 1 aliphatic rings. The average Bonchev–Trinajstić information content (AvgIpc) is 2.62. The number of hydrogen-bond donors (Lipinski definition) is 2. The quantitative estimate of drug-likeness (QED) is 0.643. The van der Waals surface area contributed by atoms with Crippen LogP contribution in [0.5, 0.6) is 0 Å². The summed E-state index contributed by atoms with van der Waals surface area (Å²) in [7, 11) is -3.79. The standard InChI is InChI=1S/C18H22FN3O2S/c1-2-13-11-18(25(23,24)15-5-3-14(19)4-6-15)16(20)12-17(13)22-9-7-21-8-10-22/h3-6,11-12,21H,2,7-10,20H2,1H3. The largest absolute Gasteiger partial charge is 0.398 e. The van der Waals surface area contributed by atoms with Crippen molar-refractivity contribution < 1.29 is 12.8 Å². The van der Waals surface area contributed by atoms with Crippen LogP contribution in [0.15, 0.2) is 46.2 Å². The maximum Gasteiger partial charge on any atom is 0.208 e. The van der Waals surface area contributed by atoms with Gasteiger partial charge in [-0.2, -0.15) is 0 Å². The average molecular weight is 363 g/mol. The molecule has 0 spiro atoms. The fraction of sp³-hybridized carbons (Fsp3) is 0.333. The molecular formula is C18H22FN3O2S. The zero-order valence-corrected chi connectivity index (χ0v) is 14.9. The lowest BCUT2D eigenvalue weighted by Crippen LogP contribution is -2.44. The van der Waals surface area contributed by atoms with Gasteiger partial charge in [-0.1, -0.05) is 6.92 Å². The molecule has 0 atom stereocenters. The molecule has 0 amide bonds. The minimum absolute atomic E-state index is 0.0394. The predicted octanol–water partition coefficient (Wildman–Crippen LogP) is 2.21. The first-order valence-corrected chi connectivity index (χ1v) is 9.80. The second-order valence-corrected chi connectivity index (χ2v) is 7.98. The molecule has 134 valence electrons. The lowest BCUT2D eigenvalue weighted by Gasteiger charge is -2.31. The highest BCUT2D eigenvalue weighted by Crippen LogP contribution is 2.33. The number of nitrogens with zero attached hydrogens (tertiary/aromatic N) is 1. The lowest BCUT2D eigenvalue weighted by atomic mass is 10.1. The van der Waals surface area contributed by atoms with E-state index in [1.165, 1.54) is 12.1 Å². The minimum atomic E-state index is -3.79. The Morgan fingerprint density at radius 3 is 2.40 bits per heavy atom. The highest BCUT2D eigenvalue weighted by atomic mass is 32.2. The number of hydrogen-bond acceptors (Lipinski definition) is 5. The first-order valence-electron chi connectivity index (χ1n) is 8.32. The Bertz CT molecular complexity index is 861. The van der Waals surface area contributed by atoms with Gasteiger partial charge in [0.25, 0.3) is 0 Å². The van der Waals surface area contributed by atoms with Gasteiger partial charge < -0.3 is 16.0 Å². The highest BCUT2D eigenvalue weighted by molar-refractivity contribution is 7.91. The molecule has 3 rings (SSSR count). The number of piperazine rings is 1. The number of anilines is 2. The van der Waals surface area contributed by atoms with E-state index in [0.717, 1.165) is 49.6 Å². The highest BCUT2D eigenvalue weighted by Gasteiger charge is 2.24. The van der Waals surface area contributed by atoms with E-state index in [9.17, 15) is 12.8 Å². The zero-order valence-electron chi connectivity index (χ0n) is 14.1. The lowest BCUT2D eigenvalue weighted by molar-refractivity contribution is 0.587. The van der Waals surface area contributed by atoms with Crippen molar-refractivity contribution in [2.45, 2.75) is 23.1 Å². The van der Waals surface area contributed by atoms with Crippen LogP contribution in [0.25, 0.3) is 0 Å². The van der Waals surface area contributed by atoms with Gasteiger partial charge in [-0.15, -0.1) is 0 Å². The maximum absolute atomic E-state index is 13.1. The molecule has 2 aromatic carbocycles. The van der Waals surface area contributed by atoms with Gasteiger partial charge in [0, 0.05) is 31.9 Å². The van der Waals surface area contributed by atoms with E-state index in [1.807, 2.05) is 6.92 Å². The molecule has 1 aliphatic heterocycles. The minimum Gasteiger partial charge on any atom is -0.398 e. The second-order valence-electron chi connectivity index (χ2n) is 6.07. The molecule has 5 nitrogen and oxygen atoms in total. The van der Waals surface area contributed by atoms with Gasteiger partial charge in [-0.25, -0.2) is 12.8 Å². The summed E-state index contributed by atoms with van der Waals surface area (Å²) >= 11 is 0. The molecule has 0 aromatic heterocycles. The number of aryl methyl sites for hydroxylation is 1. The fourth-order valence-corrected chi connectivity index (χ4v) is 4.50. The smallest absolute Gasteiger partial charge is 0.208 e. The summed E-state index contributed by atoms with van der Waals surface area (Å²) in [6, 6.07) is 8.21. The monoisotopic (exact) mass is 363 g/mol. The van der Waals surface area contributed by atoms with E-state index in [-0.39, 0.29) is 15.5 Å². The van der Waals surface area contributed by atoms with Gasteiger partial charge >= 0.3 is 0 Å².